The number of aliphatic hydroxyl groups is 1. The van der Waals surface area contributed by atoms with Gasteiger partial charge in [-0.15, -0.1) is 11.3 Å². The minimum atomic E-state index is -0.287. The SMILES string of the molecule is CC(C)(CO)CNC(=O)Cc1cn2ccsc2n1. The number of hydrogen-bond acceptors (Lipinski definition) is 4. The highest BCUT2D eigenvalue weighted by Crippen LogP contribution is 2.13. The second-order valence-corrected chi connectivity index (χ2v) is 5.97. The summed E-state index contributed by atoms with van der Waals surface area (Å²) < 4.78 is 1.91. The van der Waals surface area contributed by atoms with Crippen LogP contribution in [0.4, 0.5) is 0 Å². The van der Waals surface area contributed by atoms with Crippen molar-refractivity contribution in [2.45, 2.75) is 20.3 Å². The van der Waals surface area contributed by atoms with Crippen LogP contribution >= 0.6 is 11.3 Å². The van der Waals surface area contributed by atoms with Crippen molar-refractivity contribution in [1.82, 2.24) is 14.7 Å². The van der Waals surface area contributed by atoms with Crippen molar-refractivity contribution in [3.63, 3.8) is 0 Å². The summed E-state index contributed by atoms with van der Waals surface area (Å²) in [5.41, 5.74) is 0.477. The summed E-state index contributed by atoms with van der Waals surface area (Å²) in [4.78, 5) is 17.0. The molecule has 18 heavy (non-hydrogen) atoms. The first-order valence-electron chi connectivity index (χ1n) is 5.79. The van der Waals surface area contributed by atoms with Gasteiger partial charge in [-0.3, -0.25) is 9.20 Å². The van der Waals surface area contributed by atoms with Crippen LogP contribution in [0, 0.1) is 5.41 Å². The number of carbonyl (C=O) groups is 1. The highest BCUT2D eigenvalue weighted by atomic mass is 32.1. The number of aromatic nitrogens is 2. The van der Waals surface area contributed by atoms with Gasteiger partial charge in [-0.05, 0) is 0 Å². The van der Waals surface area contributed by atoms with Gasteiger partial charge >= 0.3 is 0 Å². The van der Waals surface area contributed by atoms with Crippen molar-refractivity contribution >= 4 is 22.2 Å². The number of aliphatic hydroxyl groups excluding tert-OH is 1. The van der Waals surface area contributed by atoms with E-state index in [2.05, 4.69) is 10.3 Å². The predicted molar refractivity (Wildman–Crippen MR) is 70.6 cm³/mol. The second-order valence-electron chi connectivity index (χ2n) is 5.10. The Balaban J connectivity index is 1.90. The van der Waals surface area contributed by atoms with Gasteiger partial charge in [0.25, 0.3) is 0 Å². The van der Waals surface area contributed by atoms with Crippen LogP contribution in [0.5, 0.6) is 0 Å². The lowest BCUT2D eigenvalue weighted by Gasteiger charge is -2.21. The van der Waals surface area contributed by atoms with Crippen LogP contribution in [0.25, 0.3) is 4.96 Å². The number of imidazole rings is 1. The smallest absolute Gasteiger partial charge is 0.226 e. The molecule has 98 valence electrons. The summed E-state index contributed by atoms with van der Waals surface area (Å²) in [5.74, 6) is -0.0673. The fourth-order valence-corrected chi connectivity index (χ4v) is 2.20. The van der Waals surface area contributed by atoms with E-state index in [-0.39, 0.29) is 24.3 Å². The third kappa shape index (κ3) is 3.08. The summed E-state index contributed by atoms with van der Waals surface area (Å²) >= 11 is 1.54. The molecule has 0 spiro atoms. The lowest BCUT2D eigenvalue weighted by atomic mass is 9.95. The van der Waals surface area contributed by atoms with Crippen molar-refractivity contribution in [3.8, 4) is 0 Å². The number of carbonyl (C=O) groups excluding carboxylic acids is 1. The average Bonchev–Trinajstić information content (AvgIpc) is 2.87. The second kappa shape index (κ2) is 5.07. The number of nitrogens with zero attached hydrogens (tertiary/aromatic N) is 2. The van der Waals surface area contributed by atoms with E-state index in [0.717, 1.165) is 10.7 Å². The van der Waals surface area contributed by atoms with Crippen LogP contribution in [-0.4, -0.2) is 33.6 Å². The first-order valence-corrected chi connectivity index (χ1v) is 6.67. The summed E-state index contributed by atoms with van der Waals surface area (Å²) in [5, 5.41) is 13.9. The average molecular weight is 267 g/mol. The van der Waals surface area contributed by atoms with E-state index in [1.54, 1.807) is 11.3 Å². The van der Waals surface area contributed by atoms with Gasteiger partial charge in [-0.2, -0.15) is 0 Å². The predicted octanol–water partition coefficient (Wildman–Crippen LogP) is 1.07. The fourth-order valence-electron chi connectivity index (χ4n) is 1.48. The molecule has 0 saturated heterocycles. The molecule has 2 heterocycles. The number of rotatable bonds is 5. The van der Waals surface area contributed by atoms with Crippen molar-refractivity contribution < 1.29 is 9.90 Å². The maximum absolute atomic E-state index is 11.7. The molecule has 0 aliphatic rings. The summed E-state index contributed by atoms with van der Waals surface area (Å²) in [6.07, 6.45) is 4.06. The van der Waals surface area contributed by atoms with Crippen LogP contribution < -0.4 is 5.32 Å². The van der Waals surface area contributed by atoms with E-state index in [0.29, 0.717) is 6.54 Å². The monoisotopic (exact) mass is 267 g/mol. The summed E-state index contributed by atoms with van der Waals surface area (Å²) in [6.45, 7) is 4.32. The molecule has 0 aliphatic carbocycles. The van der Waals surface area contributed by atoms with Gasteiger partial charge in [0.2, 0.25) is 5.91 Å². The van der Waals surface area contributed by atoms with E-state index in [9.17, 15) is 4.79 Å². The molecule has 0 aromatic carbocycles. The number of thiazole rings is 1. The number of fused-ring (bicyclic) bond motifs is 1. The normalized spacial score (nSPS) is 11.9. The van der Waals surface area contributed by atoms with E-state index in [1.165, 1.54) is 0 Å². The Morgan fingerprint density at radius 2 is 2.39 bits per heavy atom. The molecule has 0 atom stereocenters. The topological polar surface area (TPSA) is 66.6 Å². The minimum Gasteiger partial charge on any atom is -0.396 e. The zero-order valence-corrected chi connectivity index (χ0v) is 11.3. The van der Waals surface area contributed by atoms with Crippen LogP contribution in [0.2, 0.25) is 0 Å². The van der Waals surface area contributed by atoms with E-state index >= 15 is 0 Å². The number of nitrogens with one attached hydrogen (secondary N) is 1. The summed E-state index contributed by atoms with van der Waals surface area (Å²) in [6, 6.07) is 0. The Hall–Kier alpha value is -1.40. The lowest BCUT2D eigenvalue weighted by Crippen LogP contribution is -2.36. The van der Waals surface area contributed by atoms with Crippen molar-refractivity contribution in [1.29, 1.82) is 0 Å². The van der Waals surface area contributed by atoms with E-state index < -0.39 is 0 Å². The van der Waals surface area contributed by atoms with Gasteiger partial charge < -0.3 is 10.4 Å². The molecule has 2 aromatic heterocycles. The van der Waals surface area contributed by atoms with Crippen LogP contribution in [0.3, 0.4) is 0 Å². The van der Waals surface area contributed by atoms with Crippen LogP contribution in [-0.2, 0) is 11.2 Å². The third-order valence-corrected chi connectivity index (χ3v) is 3.45. The molecule has 1 amide bonds. The Labute approximate surface area is 109 Å². The van der Waals surface area contributed by atoms with Gasteiger partial charge in [0.15, 0.2) is 4.96 Å². The zero-order valence-electron chi connectivity index (χ0n) is 10.5. The molecule has 0 bridgehead atoms. The lowest BCUT2D eigenvalue weighted by molar-refractivity contribution is -0.121. The molecule has 0 radical (unpaired) electrons. The standard InChI is InChI=1S/C12H17N3O2S/c1-12(2,8-16)7-13-10(17)5-9-6-15-3-4-18-11(15)14-9/h3-4,6,16H,5,7-8H2,1-2H3,(H,13,17). The molecule has 0 saturated carbocycles. The first kappa shape index (κ1) is 13.0. The molecule has 2 N–H and O–H groups in total. The Morgan fingerprint density at radius 3 is 3.06 bits per heavy atom. The van der Waals surface area contributed by atoms with Gasteiger partial charge in [0, 0.05) is 36.3 Å². The quantitative estimate of drug-likeness (QED) is 0.851. The maximum atomic E-state index is 11.7. The fraction of sp³-hybridized carbons (Fsp3) is 0.500. The van der Waals surface area contributed by atoms with Crippen molar-refractivity contribution in [2.24, 2.45) is 5.41 Å². The third-order valence-electron chi connectivity index (χ3n) is 2.68. The molecule has 5 nitrogen and oxygen atoms in total. The molecule has 0 fully saturated rings. The Kier molecular flexibility index (Phi) is 3.68. The largest absolute Gasteiger partial charge is 0.396 e. The molecule has 0 aliphatic heterocycles. The Bertz CT molecular complexity index is 516. The molecular formula is C12H17N3O2S. The van der Waals surface area contributed by atoms with E-state index in [4.69, 9.17) is 5.11 Å². The number of amides is 1. The van der Waals surface area contributed by atoms with Gasteiger partial charge in [-0.1, -0.05) is 13.8 Å². The molecule has 6 heteroatoms. The highest BCUT2D eigenvalue weighted by Gasteiger charge is 2.17. The molecule has 0 unspecified atom stereocenters. The summed E-state index contributed by atoms with van der Waals surface area (Å²) in [7, 11) is 0. The molecule has 2 rings (SSSR count). The molecule has 2 aromatic rings. The number of hydrogen-bond donors (Lipinski definition) is 2. The minimum absolute atomic E-state index is 0.0491. The van der Waals surface area contributed by atoms with Gasteiger partial charge in [0.1, 0.15) is 0 Å². The first-order chi connectivity index (χ1) is 8.50. The van der Waals surface area contributed by atoms with Crippen LogP contribution in [0.15, 0.2) is 17.8 Å². The van der Waals surface area contributed by atoms with Crippen molar-refractivity contribution in [2.75, 3.05) is 13.2 Å². The van der Waals surface area contributed by atoms with Crippen LogP contribution in [0.1, 0.15) is 19.5 Å². The van der Waals surface area contributed by atoms with Gasteiger partial charge in [0.05, 0.1) is 12.1 Å². The van der Waals surface area contributed by atoms with Gasteiger partial charge in [-0.25, -0.2) is 4.98 Å². The molecular weight excluding hydrogens is 250 g/mol. The zero-order chi connectivity index (χ0) is 13.2. The Morgan fingerprint density at radius 1 is 1.61 bits per heavy atom. The maximum Gasteiger partial charge on any atom is 0.226 e. The highest BCUT2D eigenvalue weighted by molar-refractivity contribution is 7.15. The van der Waals surface area contributed by atoms with E-state index in [1.807, 2.05) is 36.0 Å². The van der Waals surface area contributed by atoms with Crippen molar-refractivity contribution in [3.05, 3.63) is 23.5 Å².